The number of hydrogen-bond acceptors (Lipinski definition) is 2. The topological polar surface area (TPSA) is 29.3 Å². The van der Waals surface area contributed by atoms with Gasteiger partial charge in [0, 0.05) is 18.1 Å². The molecule has 2 rings (SSSR count). The Labute approximate surface area is 115 Å². The Morgan fingerprint density at radius 2 is 2.00 bits per heavy atom. The third-order valence-corrected chi connectivity index (χ3v) is 4.17. The van der Waals surface area contributed by atoms with Crippen molar-refractivity contribution in [3.05, 3.63) is 28.3 Å². The van der Waals surface area contributed by atoms with E-state index in [0.717, 1.165) is 24.4 Å². The number of rotatable bonds is 1. The van der Waals surface area contributed by atoms with Gasteiger partial charge in [0.15, 0.2) is 0 Å². The monoisotopic (exact) mass is 266 g/mol. The molecule has 1 heterocycles. The quantitative estimate of drug-likeness (QED) is 0.841. The van der Waals surface area contributed by atoms with Crippen molar-refractivity contribution in [1.29, 1.82) is 0 Å². The second kappa shape index (κ2) is 4.75. The van der Waals surface area contributed by atoms with E-state index >= 15 is 0 Å². The first-order chi connectivity index (χ1) is 8.31. The molecule has 1 atom stereocenters. The zero-order valence-corrected chi connectivity index (χ0v) is 12.5. The van der Waals surface area contributed by atoms with Crippen LogP contribution < -0.4 is 10.6 Å². The summed E-state index contributed by atoms with van der Waals surface area (Å²) in [5, 5.41) is 0.857. The van der Waals surface area contributed by atoms with E-state index in [0.29, 0.717) is 6.04 Å². The lowest BCUT2D eigenvalue weighted by Gasteiger charge is -2.47. The van der Waals surface area contributed by atoms with Crippen LogP contribution in [-0.4, -0.2) is 18.1 Å². The predicted molar refractivity (Wildman–Crippen MR) is 79.6 cm³/mol. The van der Waals surface area contributed by atoms with Crippen molar-refractivity contribution < 1.29 is 0 Å². The van der Waals surface area contributed by atoms with Gasteiger partial charge in [0.2, 0.25) is 0 Å². The summed E-state index contributed by atoms with van der Waals surface area (Å²) in [7, 11) is 0. The molecule has 1 saturated heterocycles. The number of halogens is 1. The lowest BCUT2D eigenvalue weighted by molar-refractivity contribution is 0.327. The summed E-state index contributed by atoms with van der Waals surface area (Å²) in [6.45, 7) is 9.71. The van der Waals surface area contributed by atoms with Crippen LogP contribution in [0.3, 0.4) is 0 Å². The lowest BCUT2D eigenvalue weighted by atomic mass is 9.86. The summed E-state index contributed by atoms with van der Waals surface area (Å²) >= 11 is 6.46. The van der Waals surface area contributed by atoms with E-state index in [9.17, 15) is 0 Å². The van der Waals surface area contributed by atoms with E-state index < -0.39 is 0 Å². The van der Waals surface area contributed by atoms with Crippen molar-refractivity contribution in [2.75, 3.05) is 11.4 Å². The summed E-state index contributed by atoms with van der Waals surface area (Å²) in [4.78, 5) is 2.42. The summed E-state index contributed by atoms with van der Waals surface area (Å²) in [5.74, 6) is 0. The maximum atomic E-state index is 6.46. The van der Waals surface area contributed by atoms with Gasteiger partial charge < -0.3 is 10.6 Å². The van der Waals surface area contributed by atoms with Gasteiger partial charge in [0.05, 0.1) is 10.7 Å². The van der Waals surface area contributed by atoms with Crippen molar-refractivity contribution in [1.82, 2.24) is 0 Å². The molecule has 0 bridgehead atoms. The molecule has 0 radical (unpaired) electrons. The van der Waals surface area contributed by atoms with Gasteiger partial charge in [0.25, 0.3) is 0 Å². The van der Waals surface area contributed by atoms with Gasteiger partial charge in [-0.15, -0.1) is 0 Å². The Morgan fingerprint density at radius 3 is 2.56 bits per heavy atom. The SMILES string of the molecule is Cc1cc(C)c(N2CCC(N)CC2(C)C)c(Cl)c1. The smallest absolute Gasteiger partial charge is 0.0645 e. The zero-order chi connectivity index (χ0) is 13.5. The van der Waals surface area contributed by atoms with Crippen LogP contribution in [0.2, 0.25) is 5.02 Å². The van der Waals surface area contributed by atoms with Crippen molar-refractivity contribution in [3.63, 3.8) is 0 Å². The Balaban J connectivity index is 2.43. The Bertz CT molecular complexity index is 431. The molecule has 0 spiro atoms. The van der Waals surface area contributed by atoms with Crippen LogP contribution in [0.4, 0.5) is 5.69 Å². The van der Waals surface area contributed by atoms with Crippen LogP contribution in [0, 0.1) is 13.8 Å². The van der Waals surface area contributed by atoms with Gasteiger partial charge in [-0.05, 0) is 57.7 Å². The van der Waals surface area contributed by atoms with E-state index in [1.54, 1.807) is 0 Å². The molecule has 1 unspecified atom stereocenters. The van der Waals surface area contributed by atoms with Crippen LogP contribution >= 0.6 is 11.6 Å². The molecule has 1 aromatic rings. The molecule has 1 fully saturated rings. The highest BCUT2D eigenvalue weighted by molar-refractivity contribution is 6.33. The average molecular weight is 267 g/mol. The average Bonchev–Trinajstić information content (AvgIpc) is 2.18. The fourth-order valence-corrected chi connectivity index (χ4v) is 3.54. The van der Waals surface area contributed by atoms with Crippen molar-refractivity contribution >= 4 is 17.3 Å². The number of piperidine rings is 1. The van der Waals surface area contributed by atoms with Crippen LogP contribution in [0.15, 0.2) is 12.1 Å². The maximum absolute atomic E-state index is 6.46. The molecule has 1 aromatic carbocycles. The highest BCUT2D eigenvalue weighted by atomic mass is 35.5. The van der Waals surface area contributed by atoms with E-state index in [4.69, 9.17) is 17.3 Å². The van der Waals surface area contributed by atoms with Gasteiger partial charge in [-0.25, -0.2) is 0 Å². The molecular formula is C15H23ClN2. The predicted octanol–water partition coefficient (Wildman–Crippen LogP) is 3.66. The first kappa shape index (κ1) is 13.7. The zero-order valence-electron chi connectivity index (χ0n) is 11.8. The van der Waals surface area contributed by atoms with E-state index in [-0.39, 0.29) is 5.54 Å². The minimum atomic E-state index is 0.0708. The highest BCUT2D eigenvalue weighted by Crippen LogP contribution is 2.38. The lowest BCUT2D eigenvalue weighted by Crippen LogP contribution is -2.54. The van der Waals surface area contributed by atoms with Gasteiger partial charge in [-0.2, -0.15) is 0 Å². The molecule has 1 aliphatic heterocycles. The van der Waals surface area contributed by atoms with Crippen molar-refractivity contribution in [3.8, 4) is 0 Å². The maximum Gasteiger partial charge on any atom is 0.0645 e. The minimum Gasteiger partial charge on any atom is -0.365 e. The number of anilines is 1. The molecule has 100 valence electrons. The fraction of sp³-hybridized carbons (Fsp3) is 0.600. The second-order valence-corrected chi connectivity index (χ2v) is 6.54. The Morgan fingerprint density at radius 1 is 1.33 bits per heavy atom. The first-order valence-corrected chi connectivity index (χ1v) is 6.99. The van der Waals surface area contributed by atoms with E-state index in [1.807, 2.05) is 0 Å². The van der Waals surface area contributed by atoms with Gasteiger partial charge >= 0.3 is 0 Å². The van der Waals surface area contributed by atoms with Crippen molar-refractivity contribution in [2.45, 2.75) is 52.1 Å². The normalized spacial score (nSPS) is 23.2. The van der Waals surface area contributed by atoms with Gasteiger partial charge in [0.1, 0.15) is 0 Å². The third kappa shape index (κ3) is 2.50. The molecule has 2 nitrogen and oxygen atoms in total. The molecule has 18 heavy (non-hydrogen) atoms. The molecule has 1 aliphatic rings. The number of hydrogen-bond donors (Lipinski definition) is 1. The van der Waals surface area contributed by atoms with Crippen LogP contribution in [0.25, 0.3) is 0 Å². The number of nitrogens with zero attached hydrogens (tertiary/aromatic N) is 1. The highest BCUT2D eigenvalue weighted by Gasteiger charge is 2.35. The second-order valence-electron chi connectivity index (χ2n) is 6.13. The number of nitrogens with two attached hydrogens (primary N) is 1. The minimum absolute atomic E-state index is 0.0708. The van der Waals surface area contributed by atoms with Gasteiger partial charge in [-0.1, -0.05) is 17.7 Å². The first-order valence-electron chi connectivity index (χ1n) is 6.61. The number of aryl methyl sites for hydroxylation is 2. The standard InChI is InChI=1S/C15H23ClN2/c1-10-7-11(2)14(13(16)8-10)18-6-5-12(17)9-15(18,3)4/h7-8,12H,5-6,9,17H2,1-4H3. The molecule has 0 amide bonds. The molecule has 0 aromatic heterocycles. The summed E-state index contributed by atoms with van der Waals surface area (Å²) in [5.41, 5.74) is 9.81. The molecular weight excluding hydrogens is 244 g/mol. The van der Waals surface area contributed by atoms with Gasteiger partial charge in [-0.3, -0.25) is 0 Å². The van der Waals surface area contributed by atoms with Crippen LogP contribution in [0.5, 0.6) is 0 Å². The Kier molecular flexibility index (Phi) is 3.61. The van der Waals surface area contributed by atoms with Crippen LogP contribution in [-0.2, 0) is 0 Å². The van der Waals surface area contributed by atoms with Crippen LogP contribution in [0.1, 0.15) is 37.8 Å². The Hall–Kier alpha value is -0.730. The summed E-state index contributed by atoms with van der Waals surface area (Å²) in [6, 6.07) is 4.56. The molecule has 0 saturated carbocycles. The van der Waals surface area contributed by atoms with E-state index in [2.05, 4.69) is 44.7 Å². The third-order valence-electron chi connectivity index (χ3n) is 3.88. The summed E-state index contributed by atoms with van der Waals surface area (Å²) in [6.07, 6.45) is 2.05. The van der Waals surface area contributed by atoms with Crippen molar-refractivity contribution in [2.24, 2.45) is 5.73 Å². The molecule has 0 aliphatic carbocycles. The number of benzene rings is 1. The fourth-order valence-electron chi connectivity index (χ4n) is 3.12. The largest absolute Gasteiger partial charge is 0.365 e. The summed E-state index contributed by atoms with van der Waals surface area (Å²) < 4.78 is 0. The molecule has 3 heteroatoms. The molecule has 2 N–H and O–H groups in total. The van der Waals surface area contributed by atoms with E-state index in [1.165, 1.54) is 16.8 Å².